The average molecular weight is 212 g/mol. The maximum absolute atomic E-state index is 2.20. The first-order valence-corrected chi connectivity index (χ1v) is 5.38. The van der Waals surface area contributed by atoms with Crippen molar-refractivity contribution >= 4 is 5.52 Å². The molecule has 80 valence electrons. The van der Waals surface area contributed by atoms with Crippen LogP contribution in [0.4, 0.5) is 0 Å². The van der Waals surface area contributed by atoms with Crippen LogP contribution < -0.4 is 4.68 Å². The summed E-state index contributed by atoms with van der Waals surface area (Å²) >= 11 is 0. The highest BCUT2D eigenvalue weighted by Gasteiger charge is 2.12. The molecule has 0 aromatic carbocycles. The van der Waals surface area contributed by atoms with Gasteiger partial charge in [-0.05, 0) is 25.1 Å². The van der Waals surface area contributed by atoms with Gasteiger partial charge in [-0.3, -0.25) is 0 Å². The van der Waals surface area contributed by atoms with Gasteiger partial charge in [0.2, 0.25) is 0 Å². The molecular formula is C13H14N3+. The Bertz CT molecular complexity index is 646. The first kappa shape index (κ1) is 9.21. The van der Waals surface area contributed by atoms with Gasteiger partial charge in [-0.1, -0.05) is 6.07 Å². The largest absolute Gasteiger partial charge is 0.319 e. The fraction of sp³-hybridized carbons (Fsp3) is 0.154. The van der Waals surface area contributed by atoms with E-state index in [1.807, 2.05) is 19.3 Å². The van der Waals surface area contributed by atoms with Gasteiger partial charge in [0.1, 0.15) is 5.69 Å². The minimum Gasteiger partial charge on any atom is -0.319 e. The van der Waals surface area contributed by atoms with Crippen LogP contribution in [0.25, 0.3) is 11.2 Å². The van der Waals surface area contributed by atoms with E-state index in [-0.39, 0.29) is 0 Å². The maximum atomic E-state index is 2.20. The third kappa shape index (κ3) is 1.18. The van der Waals surface area contributed by atoms with Gasteiger partial charge in [0.05, 0.1) is 6.20 Å². The summed E-state index contributed by atoms with van der Waals surface area (Å²) in [4.78, 5) is 0. The number of pyridine rings is 1. The summed E-state index contributed by atoms with van der Waals surface area (Å²) in [5, 5.41) is 0. The molecule has 0 saturated carbocycles. The Morgan fingerprint density at radius 1 is 1.12 bits per heavy atom. The molecule has 3 aromatic heterocycles. The van der Waals surface area contributed by atoms with E-state index in [0.29, 0.717) is 0 Å². The van der Waals surface area contributed by atoms with Crippen LogP contribution >= 0.6 is 0 Å². The van der Waals surface area contributed by atoms with Crippen molar-refractivity contribution in [2.24, 2.45) is 7.05 Å². The van der Waals surface area contributed by atoms with Crippen LogP contribution in [-0.4, -0.2) is 9.08 Å². The van der Waals surface area contributed by atoms with Gasteiger partial charge in [0, 0.05) is 23.5 Å². The lowest BCUT2D eigenvalue weighted by Gasteiger charge is -1.99. The molecule has 0 fully saturated rings. The fourth-order valence-corrected chi connectivity index (χ4v) is 2.15. The van der Waals surface area contributed by atoms with Gasteiger partial charge in [-0.15, -0.1) is 9.36 Å². The van der Waals surface area contributed by atoms with Crippen molar-refractivity contribution in [3.63, 3.8) is 0 Å². The lowest BCUT2D eigenvalue weighted by molar-refractivity contribution is -0.744. The number of aryl methyl sites for hydroxylation is 2. The normalized spacial score (nSPS) is 11.1. The highest BCUT2D eigenvalue weighted by atomic mass is 15.4. The minimum atomic E-state index is 1.22. The summed E-state index contributed by atoms with van der Waals surface area (Å²) in [7, 11) is 2.04. The second-order valence-corrected chi connectivity index (χ2v) is 4.02. The summed E-state index contributed by atoms with van der Waals surface area (Å²) in [6, 6.07) is 10.5. The number of hydrogen-bond acceptors (Lipinski definition) is 0. The predicted octanol–water partition coefficient (Wildman–Crippen LogP) is 1.86. The Kier molecular flexibility index (Phi) is 1.86. The third-order valence-corrected chi connectivity index (χ3v) is 3.02. The first-order valence-electron chi connectivity index (χ1n) is 5.38. The van der Waals surface area contributed by atoms with E-state index >= 15 is 0 Å². The predicted molar refractivity (Wildman–Crippen MR) is 62.6 cm³/mol. The highest BCUT2D eigenvalue weighted by molar-refractivity contribution is 5.58. The van der Waals surface area contributed by atoms with Crippen LogP contribution in [0.5, 0.6) is 0 Å². The smallest absolute Gasteiger partial charge is 0.195 e. The van der Waals surface area contributed by atoms with Crippen molar-refractivity contribution < 1.29 is 4.68 Å². The lowest BCUT2D eigenvalue weighted by atomic mass is 10.4. The highest BCUT2D eigenvalue weighted by Crippen LogP contribution is 2.18. The van der Waals surface area contributed by atoms with Gasteiger partial charge < -0.3 is 4.40 Å². The molecule has 0 aliphatic carbocycles. The minimum absolute atomic E-state index is 1.22. The molecule has 3 nitrogen and oxygen atoms in total. The van der Waals surface area contributed by atoms with Crippen LogP contribution in [-0.2, 0) is 7.05 Å². The van der Waals surface area contributed by atoms with Gasteiger partial charge in [0.15, 0.2) is 13.2 Å². The molecule has 0 saturated heterocycles. The molecule has 3 heterocycles. The molecule has 0 atom stereocenters. The molecule has 0 radical (unpaired) electrons. The zero-order valence-electron chi connectivity index (χ0n) is 9.46. The van der Waals surface area contributed by atoms with Crippen LogP contribution in [0.15, 0.2) is 48.9 Å². The topological polar surface area (TPSA) is 13.2 Å². The Hall–Kier alpha value is -2.03. The first-order chi connectivity index (χ1) is 7.77. The molecule has 0 bridgehead atoms. The van der Waals surface area contributed by atoms with E-state index in [1.54, 1.807) is 0 Å². The van der Waals surface area contributed by atoms with Crippen molar-refractivity contribution in [2.75, 3.05) is 0 Å². The summed E-state index contributed by atoms with van der Waals surface area (Å²) in [6.07, 6.45) is 6.21. The van der Waals surface area contributed by atoms with Gasteiger partial charge in [0.25, 0.3) is 0 Å². The molecule has 3 rings (SSSR count). The van der Waals surface area contributed by atoms with E-state index in [9.17, 15) is 0 Å². The number of rotatable bonds is 1. The molecule has 0 aliphatic heterocycles. The van der Waals surface area contributed by atoms with E-state index in [1.165, 1.54) is 16.9 Å². The molecule has 3 heteroatoms. The van der Waals surface area contributed by atoms with Crippen molar-refractivity contribution in [1.29, 1.82) is 0 Å². The van der Waals surface area contributed by atoms with Crippen LogP contribution in [0.1, 0.15) is 5.69 Å². The van der Waals surface area contributed by atoms with E-state index in [0.717, 1.165) is 0 Å². The summed E-state index contributed by atoms with van der Waals surface area (Å²) in [6.45, 7) is 2.14. The van der Waals surface area contributed by atoms with Crippen LogP contribution in [0, 0.1) is 6.92 Å². The monoisotopic (exact) mass is 212 g/mol. The SMILES string of the molecule is Cc1c(-n2ccc[n+]2C)cc2ccccn12. The lowest BCUT2D eigenvalue weighted by Crippen LogP contribution is -2.36. The summed E-state index contributed by atoms with van der Waals surface area (Å²) < 4.78 is 6.42. The van der Waals surface area contributed by atoms with Gasteiger partial charge in [-0.25, -0.2) is 0 Å². The molecule has 3 aromatic rings. The van der Waals surface area contributed by atoms with Crippen molar-refractivity contribution in [3.8, 4) is 5.69 Å². The van der Waals surface area contributed by atoms with Crippen molar-refractivity contribution in [2.45, 2.75) is 6.92 Å². The Morgan fingerprint density at radius 2 is 2.00 bits per heavy atom. The number of nitrogens with zero attached hydrogens (tertiary/aromatic N) is 3. The molecule has 0 aliphatic rings. The van der Waals surface area contributed by atoms with E-state index < -0.39 is 0 Å². The van der Waals surface area contributed by atoms with Crippen LogP contribution in [0.2, 0.25) is 0 Å². The zero-order chi connectivity index (χ0) is 11.1. The maximum Gasteiger partial charge on any atom is 0.195 e. The van der Waals surface area contributed by atoms with E-state index in [2.05, 4.69) is 57.3 Å². The summed E-state index contributed by atoms with van der Waals surface area (Å²) in [5.41, 5.74) is 3.70. The Balaban J connectivity index is 2.33. The standard InChI is InChI=1S/C13H14N3/c1-11-13(16-9-5-7-14(16)2)10-12-6-3-4-8-15(11)12/h3-10H,1-2H3/q+1. The summed E-state index contributed by atoms with van der Waals surface area (Å²) in [5.74, 6) is 0. The molecule has 0 amide bonds. The average Bonchev–Trinajstić information content (AvgIpc) is 2.84. The molecule has 0 spiro atoms. The van der Waals surface area contributed by atoms with Crippen molar-refractivity contribution in [3.05, 3.63) is 54.6 Å². The van der Waals surface area contributed by atoms with Gasteiger partial charge in [-0.2, -0.15) is 0 Å². The molecule has 0 N–H and O–H groups in total. The molecule has 0 unspecified atom stereocenters. The van der Waals surface area contributed by atoms with Crippen LogP contribution in [0.3, 0.4) is 0 Å². The molecular weight excluding hydrogens is 198 g/mol. The van der Waals surface area contributed by atoms with Gasteiger partial charge >= 0.3 is 0 Å². The third-order valence-electron chi connectivity index (χ3n) is 3.02. The second-order valence-electron chi connectivity index (χ2n) is 4.02. The Labute approximate surface area is 94.2 Å². The Morgan fingerprint density at radius 3 is 2.69 bits per heavy atom. The zero-order valence-corrected chi connectivity index (χ0v) is 9.46. The quantitative estimate of drug-likeness (QED) is 0.546. The van der Waals surface area contributed by atoms with Crippen molar-refractivity contribution in [1.82, 2.24) is 9.08 Å². The number of fused-ring (bicyclic) bond motifs is 1. The molecule has 16 heavy (non-hydrogen) atoms. The second kappa shape index (κ2) is 3.23. The fourth-order valence-electron chi connectivity index (χ4n) is 2.15. The number of aromatic nitrogens is 3. The van der Waals surface area contributed by atoms with E-state index in [4.69, 9.17) is 0 Å². The number of hydrogen-bond donors (Lipinski definition) is 0.